The number of nitro groups is 1. The normalized spacial score (nSPS) is 10.0. The lowest BCUT2D eigenvalue weighted by atomic mass is 10.1. The van der Waals surface area contributed by atoms with Gasteiger partial charge >= 0.3 is 5.97 Å². The van der Waals surface area contributed by atoms with E-state index in [-0.39, 0.29) is 16.9 Å². The van der Waals surface area contributed by atoms with Gasteiger partial charge in [-0.15, -0.1) is 0 Å². The van der Waals surface area contributed by atoms with Crippen molar-refractivity contribution in [3.63, 3.8) is 0 Å². The van der Waals surface area contributed by atoms with Crippen molar-refractivity contribution in [2.24, 2.45) is 0 Å². The van der Waals surface area contributed by atoms with E-state index < -0.39 is 10.9 Å². The van der Waals surface area contributed by atoms with Gasteiger partial charge < -0.3 is 20.9 Å². The average Bonchev–Trinajstić information content (AvgIpc) is 2.48. The highest BCUT2D eigenvalue weighted by molar-refractivity contribution is 5.90. The molecule has 114 valence electrons. The van der Waals surface area contributed by atoms with Gasteiger partial charge in [-0.2, -0.15) is 0 Å². The lowest BCUT2D eigenvalue weighted by molar-refractivity contribution is -0.384. The molecule has 0 saturated carbocycles. The maximum absolute atomic E-state index is 11.0. The van der Waals surface area contributed by atoms with E-state index >= 15 is 0 Å². The van der Waals surface area contributed by atoms with Crippen molar-refractivity contribution in [3.8, 4) is 5.75 Å². The molecular weight excluding hydrogens is 290 g/mol. The Morgan fingerprint density at radius 3 is 2.55 bits per heavy atom. The van der Waals surface area contributed by atoms with Crippen LogP contribution in [0.5, 0.6) is 5.75 Å². The third-order valence-corrected chi connectivity index (χ3v) is 2.96. The van der Waals surface area contributed by atoms with Gasteiger partial charge in [0.25, 0.3) is 5.69 Å². The van der Waals surface area contributed by atoms with Gasteiger partial charge in [0.15, 0.2) is 0 Å². The lowest BCUT2D eigenvalue weighted by Crippen LogP contribution is -2.02. The summed E-state index contributed by atoms with van der Waals surface area (Å²) in [4.78, 5) is 21.2. The second-order valence-electron chi connectivity index (χ2n) is 4.37. The number of anilines is 3. The second kappa shape index (κ2) is 6.00. The third kappa shape index (κ3) is 3.06. The van der Waals surface area contributed by atoms with Crippen LogP contribution in [-0.4, -0.2) is 23.1 Å². The summed E-state index contributed by atoms with van der Waals surface area (Å²) in [7, 11) is 1.44. The van der Waals surface area contributed by atoms with E-state index in [1.807, 2.05) is 0 Å². The Kier molecular flexibility index (Phi) is 4.12. The Hall–Kier alpha value is -3.29. The number of nitro benzene ring substituents is 1. The van der Waals surface area contributed by atoms with Crippen molar-refractivity contribution in [1.29, 1.82) is 0 Å². The fraction of sp³-hybridized carbons (Fsp3) is 0.0714. The maximum Gasteiger partial charge on any atom is 0.335 e. The first-order chi connectivity index (χ1) is 10.4. The molecule has 2 aromatic carbocycles. The molecule has 0 aliphatic rings. The smallest absolute Gasteiger partial charge is 0.335 e. The summed E-state index contributed by atoms with van der Waals surface area (Å²) in [5.41, 5.74) is 6.68. The zero-order valence-electron chi connectivity index (χ0n) is 11.6. The predicted molar refractivity (Wildman–Crippen MR) is 80.7 cm³/mol. The number of nitrogens with zero attached hydrogens (tertiary/aromatic N) is 1. The molecule has 2 rings (SSSR count). The number of nitrogens with one attached hydrogen (secondary N) is 1. The molecule has 0 heterocycles. The molecule has 0 bridgehead atoms. The molecule has 22 heavy (non-hydrogen) atoms. The third-order valence-electron chi connectivity index (χ3n) is 2.96. The van der Waals surface area contributed by atoms with Gasteiger partial charge in [-0.3, -0.25) is 10.1 Å². The highest BCUT2D eigenvalue weighted by Crippen LogP contribution is 2.32. The Balaban J connectivity index is 2.39. The van der Waals surface area contributed by atoms with E-state index in [0.29, 0.717) is 17.1 Å². The summed E-state index contributed by atoms with van der Waals surface area (Å²) < 4.78 is 5.15. The molecule has 0 fully saturated rings. The number of aromatic carboxylic acids is 1. The summed E-state index contributed by atoms with van der Waals surface area (Å²) in [5, 5.41) is 22.6. The molecule has 0 atom stereocenters. The average molecular weight is 303 g/mol. The molecule has 0 saturated heterocycles. The van der Waals surface area contributed by atoms with Crippen LogP contribution in [0.4, 0.5) is 22.7 Å². The number of non-ortho nitro benzene ring substituents is 1. The van der Waals surface area contributed by atoms with E-state index in [1.165, 1.54) is 43.5 Å². The van der Waals surface area contributed by atoms with Crippen molar-refractivity contribution in [2.45, 2.75) is 0 Å². The Labute approximate surface area is 125 Å². The first-order valence-corrected chi connectivity index (χ1v) is 6.14. The number of nitrogens with two attached hydrogens (primary N) is 1. The van der Waals surface area contributed by atoms with Crippen LogP contribution in [0.15, 0.2) is 36.4 Å². The zero-order chi connectivity index (χ0) is 16.3. The molecule has 0 amide bonds. The monoisotopic (exact) mass is 303 g/mol. The van der Waals surface area contributed by atoms with Gasteiger partial charge in [0, 0.05) is 12.1 Å². The highest BCUT2D eigenvalue weighted by Gasteiger charge is 2.12. The zero-order valence-corrected chi connectivity index (χ0v) is 11.6. The van der Waals surface area contributed by atoms with Crippen LogP contribution >= 0.6 is 0 Å². The number of carboxylic acids is 1. The Morgan fingerprint density at radius 1 is 1.27 bits per heavy atom. The molecule has 4 N–H and O–H groups in total. The largest absolute Gasteiger partial charge is 0.495 e. The molecule has 2 aromatic rings. The number of rotatable bonds is 5. The van der Waals surface area contributed by atoms with Crippen molar-refractivity contribution < 1.29 is 19.6 Å². The molecular formula is C14H13N3O5. The van der Waals surface area contributed by atoms with Gasteiger partial charge in [0.05, 0.1) is 34.7 Å². The van der Waals surface area contributed by atoms with Crippen LogP contribution in [-0.2, 0) is 0 Å². The number of nitrogen functional groups attached to an aromatic ring is 1. The minimum absolute atomic E-state index is 0.0729. The standard InChI is InChI=1S/C14H13N3O5/c1-22-13-5-2-8(14(18)19)6-12(13)16-11-4-3-9(17(20)21)7-10(11)15/h2-7,16H,15H2,1H3,(H,18,19). The number of carboxylic acid groups (broad SMARTS) is 1. The maximum atomic E-state index is 11.0. The van der Waals surface area contributed by atoms with E-state index in [0.717, 1.165) is 0 Å². The van der Waals surface area contributed by atoms with Crippen LogP contribution in [0.3, 0.4) is 0 Å². The Bertz CT molecular complexity index is 745. The molecule has 8 heteroatoms. The minimum atomic E-state index is -1.08. The topological polar surface area (TPSA) is 128 Å². The number of carbonyl (C=O) groups is 1. The lowest BCUT2D eigenvalue weighted by Gasteiger charge is -2.13. The summed E-state index contributed by atoms with van der Waals surface area (Å²) in [6, 6.07) is 8.27. The molecule has 8 nitrogen and oxygen atoms in total. The second-order valence-corrected chi connectivity index (χ2v) is 4.37. The van der Waals surface area contributed by atoms with Crippen LogP contribution in [0.1, 0.15) is 10.4 Å². The van der Waals surface area contributed by atoms with Gasteiger partial charge in [-0.25, -0.2) is 4.79 Å². The first-order valence-electron chi connectivity index (χ1n) is 6.14. The van der Waals surface area contributed by atoms with E-state index in [4.69, 9.17) is 15.6 Å². The van der Waals surface area contributed by atoms with Crippen molar-refractivity contribution in [3.05, 3.63) is 52.1 Å². The molecule has 0 unspecified atom stereocenters. The minimum Gasteiger partial charge on any atom is -0.495 e. The van der Waals surface area contributed by atoms with Crippen LogP contribution in [0, 0.1) is 10.1 Å². The molecule has 0 aliphatic carbocycles. The Morgan fingerprint density at radius 2 is 2.00 bits per heavy atom. The van der Waals surface area contributed by atoms with Crippen molar-refractivity contribution in [2.75, 3.05) is 18.2 Å². The van der Waals surface area contributed by atoms with Crippen molar-refractivity contribution in [1.82, 2.24) is 0 Å². The summed E-state index contributed by atoms with van der Waals surface area (Å²) in [5.74, 6) is -0.662. The van der Waals surface area contributed by atoms with E-state index in [1.54, 1.807) is 0 Å². The fourth-order valence-electron chi connectivity index (χ4n) is 1.86. The number of ether oxygens (including phenoxy) is 1. The fourth-order valence-corrected chi connectivity index (χ4v) is 1.86. The quantitative estimate of drug-likeness (QED) is 0.440. The summed E-state index contributed by atoms with van der Waals surface area (Å²) in [6.45, 7) is 0. The summed E-state index contributed by atoms with van der Waals surface area (Å²) >= 11 is 0. The van der Waals surface area contributed by atoms with Crippen LogP contribution in [0.25, 0.3) is 0 Å². The SMILES string of the molecule is COc1ccc(C(=O)O)cc1Nc1ccc([N+](=O)[O-])cc1N. The number of benzene rings is 2. The van der Waals surface area contributed by atoms with Crippen LogP contribution < -0.4 is 15.8 Å². The van der Waals surface area contributed by atoms with Gasteiger partial charge in [0.2, 0.25) is 0 Å². The molecule has 0 spiro atoms. The predicted octanol–water partition coefficient (Wildman–Crippen LogP) is 2.63. The number of methoxy groups -OCH3 is 1. The summed E-state index contributed by atoms with van der Waals surface area (Å²) in [6.07, 6.45) is 0. The highest BCUT2D eigenvalue weighted by atomic mass is 16.6. The molecule has 0 radical (unpaired) electrons. The van der Waals surface area contributed by atoms with E-state index in [2.05, 4.69) is 5.32 Å². The number of hydrogen-bond acceptors (Lipinski definition) is 6. The van der Waals surface area contributed by atoms with Gasteiger partial charge in [-0.05, 0) is 24.3 Å². The van der Waals surface area contributed by atoms with Gasteiger partial charge in [-0.1, -0.05) is 0 Å². The van der Waals surface area contributed by atoms with Gasteiger partial charge in [0.1, 0.15) is 5.75 Å². The number of hydrogen-bond donors (Lipinski definition) is 3. The van der Waals surface area contributed by atoms with E-state index in [9.17, 15) is 14.9 Å². The van der Waals surface area contributed by atoms with Crippen molar-refractivity contribution >= 4 is 28.7 Å². The first kappa shape index (κ1) is 15.1. The molecule has 0 aliphatic heterocycles. The van der Waals surface area contributed by atoms with Crippen LogP contribution in [0.2, 0.25) is 0 Å². The molecule has 0 aromatic heterocycles.